The molecule has 1 amide bonds. The van der Waals surface area contributed by atoms with Crippen LogP contribution in [0.3, 0.4) is 0 Å². The molecule has 0 aromatic heterocycles. The quantitative estimate of drug-likeness (QED) is 0.823. The highest BCUT2D eigenvalue weighted by Crippen LogP contribution is 2.20. The van der Waals surface area contributed by atoms with Gasteiger partial charge < -0.3 is 10.4 Å². The fraction of sp³-hybridized carbons (Fsp3) is 0.429. The Morgan fingerprint density at radius 2 is 1.95 bits per heavy atom. The minimum atomic E-state index is -1.43. The van der Waals surface area contributed by atoms with Gasteiger partial charge in [-0.2, -0.15) is 0 Å². The summed E-state index contributed by atoms with van der Waals surface area (Å²) in [4.78, 5) is 23.0. The van der Waals surface area contributed by atoms with Crippen molar-refractivity contribution < 1.29 is 18.9 Å². The van der Waals surface area contributed by atoms with Gasteiger partial charge in [-0.3, -0.25) is 13.8 Å². The average molecular weight is 295 g/mol. The number of hydrogen-bond donors (Lipinski definition) is 2. The van der Waals surface area contributed by atoms with Crippen molar-refractivity contribution in [2.24, 2.45) is 0 Å². The maximum atomic E-state index is 12.3. The van der Waals surface area contributed by atoms with E-state index in [1.54, 1.807) is 31.2 Å². The minimum absolute atomic E-state index is 0.0648. The summed E-state index contributed by atoms with van der Waals surface area (Å²) in [5, 5.41) is 10.9. The van der Waals surface area contributed by atoms with Gasteiger partial charge in [-0.05, 0) is 37.5 Å². The van der Waals surface area contributed by atoms with Crippen LogP contribution in [-0.2, 0) is 26.8 Å². The second-order valence-corrected chi connectivity index (χ2v) is 6.71. The van der Waals surface area contributed by atoms with Gasteiger partial charge in [0.2, 0.25) is 5.91 Å². The lowest BCUT2D eigenvalue weighted by Crippen LogP contribution is -2.36. The molecule has 0 radical (unpaired) electrons. The zero-order chi connectivity index (χ0) is 14.7. The third kappa shape index (κ3) is 3.90. The molecule has 1 fully saturated rings. The first-order chi connectivity index (χ1) is 9.47. The molecule has 1 aliphatic carbocycles. The van der Waals surface area contributed by atoms with Crippen LogP contribution in [0.25, 0.3) is 0 Å². The van der Waals surface area contributed by atoms with Crippen LogP contribution in [-0.4, -0.2) is 32.5 Å². The van der Waals surface area contributed by atoms with Gasteiger partial charge in [0.05, 0.1) is 17.2 Å². The van der Waals surface area contributed by atoms with Crippen LogP contribution in [0.1, 0.15) is 25.3 Å². The van der Waals surface area contributed by atoms with Gasteiger partial charge in [-0.15, -0.1) is 0 Å². The Kier molecular flexibility index (Phi) is 4.54. The van der Waals surface area contributed by atoms with Crippen molar-refractivity contribution >= 4 is 22.7 Å². The van der Waals surface area contributed by atoms with Gasteiger partial charge in [0, 0.05) is 10.9 Å². The van der Waals surface area contributed by atoms with E-state index >= 15 is 0 Å². The van der Waals surface area contributed by atoms with Crippen molar-refractivity contribution in [2.75, 3.05) is 0 Å². The van der Waals surface area contributed by atoms with Crippen LogP contribution in [0, 0.1) is 0 Å². The maximum absolute atomic E-state index is 12.3. The number of amides is 1. The van der Waals surface area contributed by atoms with Crippen LogP contribution in [0.5, 0.6) is 0 Å². The Bertz CT molecular complexity index is 537. The molecular formula is C14H17NO4S. The predicted molar refractivity (Wildman–Crippen MR) is 74.8 cm³/mol. The second kappa shape index (κ2) is 6.17. The van der Waals surface area contributed by atoms with Crippen molar-refractivity contribution in [3.05, 3.63) is 29.8 Å². The molecule has 0 spiro atoms. The van der Waals surface area contributed by atoms with E-state index in [-0.39, 0.29) is 18.4 Å². The van der Waals surface area contributed by atoms with Gasteiger partial charge in [0.1, 0.15) is 5.25 Å². The summed E-state index contributed by atoms with van der Waals surface area (Å²) in [6.45, 7) is 1.64. The standard InChI is InChI=1S/C14H17NO4S/c1-9(14(18)15-11-4-5-11)20(19)12-6-2-10(3-7-12)8-13(16)17/h2-3,6-7,9,11H,4-5,8H2,1H3,(H,15,18)(H,16,17). The van der Waals surface area contributed by atoms with Gasteiger partial charge in [-0.25, -0.2) is 0 Å². The molecule has 6 heteroatoms. The summed E-state index contributed by atoms with van der Waals surface area (Å²) in [7, 11) is -1.43. The Morgan fingerprint density at radius 3 is 2.45 bits per heavy atom. The zero-order valence-electron chi connectivity index (χ0n) is 11.2. The Morgan fingerprint density at radius 1 is 1.35 bits per heavy atom. The van der Waals surface area contributed by atoms with Crippen molar-refractivity contribution in [3.63, 3.8) is 0 Å². The molecule has 2 unspecified atom stereocenters. The van der Waals surface area contributed by atoms with Crippen molar-refractivity contribution in [2.45, 2.75) is 42.4 Å². The molecule has 0 saturated heterocycles. The fourth-order valence-corrected chi connectivity index (χ4v) is 2.84. The van der Waals surface area contributed by atoms with Gasteiger partial charge >= 0.3 is 5.97 Å². The van der Waals surface area contributed by atoms with Crippen molar-refractivity contribution in [1.82, 2.24) is 5.32 Å². The van der Waals surface area contributed by atoms with E-state index in [0.29, 0.717) is 10.5 Å². The number of carbonyl (C=O) groups excluding carboxylic acids is 1. The highest BCUT2D eigenvalue weighted by Gasteiger charge is 2.28. The topological polar surface area (TPSA) is 83.5 Å². The largest absolute Gasteiger partial charge is 0.481 e. The van der Waals surface area contributed by atoms with Crippen molar-refractivity contribution in [1.29, 1.82) is 0 Å². The third-order valence-corrected chi connectivity index (χ3v) is 4.72. The lowest BCUT2D eigenvalue weighted by atomic mass is 10.2. The maximum Gasteiger partial charge on any atom is 0.307 e. The summed E-state index contributed by atoms with van der Waals surface area (Å²) in [6.07, 6.45) is 1.93. The number of nitrogens with one attached hydrogen (secondary N) is 1. The molecule has 0 bridgehead atoms. The van der Waals surface area contributed by atoms with Crippen LogP contribution < -0.4 is 5.32 Å². The predicted octanol–water partition coefficient (Wildman–Crippen LogP) is 1.09. The summed E-state index contributed by atoms with van der Waals surface area (Å²) >= 11 is 0. The molecule has 0 heterocycles. The third-order valence-electron chi connectivity index (χ3n) is 3.13. The Balaban J connectivity index is 2.00. The highest BCUT2D eigenvalue weighted by atomic mass is 32.2. The van der Waals surface area contributed by atoms with Crippen LogP contribution in [0.4, 0.5) is 0 Å². The first kappa shape index (κ1) is 14.7. The van der Waals surface area contributed by atoms with E-state index in [1.807, 2.05) is 0 Å². The van der Waals surface area contributed by atoms with Crippen LogP contribution >= 0.6 is 0 Å². The Hall–Kier alpha value is -1.69. The second-order valence-electron chi connectivity index (χ2n) is 4.94. The summed E-state index contributed by atoms with van der Waals surface area (Å²) in [5.41, 5.74) is 0.647. The molecule has 1 saturated carbocycles. The molecule has 2 N–H and O–H groups in total. The van der Waals surface area contributed by atoms with Gasteiger partial charge in [-0.1, -0.05) is 12.1 Å². The number of benzene rings is 1. The van der Waals surface area contributed by atoms with Gasteiger partial charge in [0.25, 0.3) is 0 Å². The minimum Gasteiger partial charge on any atom is -0.481 e. The SMILES string of the molecule is CC(C(=O)NC1CC1)S(=O)c1ccc(CC(=O)O)cc1. The van der Waals surface area contributed by atoms with E-state index in [9.17, 15) is 13.8 Å². The summed E-state index contributed by atoms with van der Waals surface area (Å²) in [5.74, 6) is -1.10. The molecule has 1 aromatic rings. The molecule has 2 rings (SSSR count). The van der Waals surface area contributed by atoms with E-state index in [0.717, 1.165) is 12.8 Å². The number of rotatable bonds is 6. The molecule has 108 valence electrons. The first-order valence-corrected chi connectivity index (χ1v) is 7.70. The number of aliphatic carboxylic acids is 1. The molecule has 1 aliphatic rings. The summed E-state index contributed by atoms with van der Waals surface area (Å²) < 4.78 is 12.3. The molecule has 20 heavy (non-hydrogen) atoms. The Labute approximate surface area is 119 Å². The molecular weight excluding hydrogens is 278 g/mol. The van der Waals surface area contributed by atoms with E-state index < -0.39 is 22.0 Å². The van der Waals surface area contributed by atoms with Crippen LogP contribution in [0.15, 0.2) is 29.2 Å². The number of carbonyl (C=O) groups is 2. The fourth-order valence-electron chi connectivity index (χ4n) is 1.76. The zero-order valence-corrected chi connectivity index (χ0v) is 12.0. The monoisotopic (exact) mass is 295 g/mol. The molecule has 2 atom stereocenters. The van der Waals surface area contributed by atoms with E-state index in [2.05, 4.69) is 5.32 Å². The van der Waals surface area contributed by atoms with Crippen LogP contribution in [0.2, 0.25) is 0 Å². The van der Waals surface area contributed by atoms with E-state index in [4.69, 9.17) is 5.11 Å². The number of carboxylic acid groups (broad SMARTS) is 1. The molecule has 0 aliphatic heterocycles. The van der Waals surface area contributed by atoms with Gasteiger partial charge in [0.15, 0.2) is 0 Å². The van der Waals surface area contributed by atoms with Crippen molar-refractivity contribution in [3.8, 4) is 0 Å². The average Bonchev–Trinajstić information content (AvgIpc) is 3.21. The van der Waals surface area contributed by atoms with E-state index in [1.165, 1.54) is 0 Å². The smallest absolute Gasteiger partial charge is 0.307 e. The first-order valence-electron chi connectivity index (χ1n) is 6.49. The lowest BCUT2D eigenvalue weighted by molar-refractivity contribution is -0.136. The number of carboxylic acids is 1. The number of hydrogen-bond acceptors (Lipinski definition) is 3. The highest BCUT2D eigenvalue weighted by molar-refractivity contribution is 7.86. The lowest BCUT2D eigenvalue weighted by Gasteiger charge is -2.12. The summed E-state index contributed by atoms with van der Waals surface area (Å²) in [6, 6.07) is 6.75. The molecule has 5 nitrogen and oxygen atoms in total. The molecule has 1 aromatic carbocycles. The normalized spacial score (nSPS) is 17.2.